The molecule has 1 aliphatic carbocycles. The number of hydrogen-bond acceptors (Lipinski definition) is 3. The fourth-order valence-electron chi connectivity index (χ4n) is 4.64. The molecule has 2 aromatic rings. The predicted molar refractivity (Wildman–Crippen MR) is 114 cm³/mol. The van der Waals surface area contributed by atoms with Gasteiger partial charge in [-0.1, -0.05) is 19.8 Å². The first-order valence-electron chi connectivity index (χ1n) is 10.8. The second-order valence-corrected chi connectivity index (χ2v) is 10.5. The summed E-state index contributed by atoms with van der Waals surface area (Å²) in [6.07, 6.45) is 8.95. The number of nitrogens with one attached hydrogen (secondary N) is 1. The molecule has 0 spiro atoms. The summed E-state index contributed by atoms with van der Waals surface area (Å²) in [7, 11) is -3.41. The van der Waals surface area contributed by atoms with Crippen molar-refractivity contribution in [1.29, 1.82) is 0 Å². The summed E-state index contributed by atoms with van der Waals surface area (Å²) in [5, 5.41) is 4.10. The standard InChI is InChI=1S/C22H31N3O3S/c1-17-6-2-3-7-20(17)23-22(26)11-15-24-14-10-18-16-19(8-9-21(18)24)29(27,28)25-12-4-5-13-25/h8-10,14,16-17,20H,2-7,11-13,15H2,1H3,(H,23,26)/t17-,20-/m1/s1. The Kier molecular flexibility index (Phi) is 5.97. The molecule has 29 heavy (non-hydrogen) atoms. The average Bonchev–Trinajstić information content (AvgIpc) is 3.38. The Morgan fingerprint density at radius 1 is 1.10 bits per heavy atom. The van der Waals surface area contributed by atoms with Crippen molar-refractivity contribution in [2.75, 3.05) is 13.1 Å². The smallest absolute Gasteiger partial charge is 0.243 e. The van der Waals surface area contributed by atoms with Crippen molar-refractivity contribution in [3.05, 3.63) is 30.5 Å². The Morgan fingerprint density at radius 2 is 1.86 bits per heavy atom. The van der Waals surface area contributed by atoms with E-state index in [9.17, 15) is 13.2 Å². The first kappa shape index (κ1) is 20.4. The maximum absolute atomic E-state index is 12.8. The first-order valence-corrected chi connectivity index (χ1v) is 12.3. The molecule has 0 unspecified atom stereocenters. The van der Waals surface area contributed by atoms with Crippen LogP contribution in [0.5, 0.6) is 0 Å². The van der Waals surface area contributed by atoms with Crippen molar-refractivity contribution in [2.45, 2.75) is 69.4 Å². The van der Waals surface area contributed by atoms with Gasteiger partial charge in [0.25, 0.3) is 0 Å². The van der Waals surface area contributed by atoms with Crippen molar-refractivity contribution in [1.82, 2.24) is 14.2 Å². The van der Waals surface area contributed by atoms with Gasteiger partial charge in [-0.2, -0.15) is 4.31 Å². The second kappa shape index (κ2) is 8.48. The molecule has 7 heteroatoms. The Balaban J connectivity index is 1.42. The Morgan fingerprint density at radius 3 is 2.62 bits per heavy atom. The number of carbonyl (C=O) groups is 1. The van der Waals surface area contributed by atoms with Crippen LogP contribution in [0.1, 0.15) is 51.9 Å². The van der Waals surface area contributed by atoms with E-state index in [1.165, 1.54) is 19.3 Å². The SMILES string of the molecule is C[C@@H]1CCCC[C@H]1NC(=O)CCn1ccc2cc(S(=O)(=O)N3CCCC3)ccc21. The van der Waals surface area contributed by atoms with Crippen molar-refractivity contribution in [3.63, 3.8) is 0 Å². The minimum atomic E-state index is -3.41. The quantitative estimate of drug-likeness (QED) is 0.782. The van der Waals surface area contributed by atoms with Gasteiger partial charge in [0, 0.05) is 49.2 Å². The van der Waals surface area contributed by atoms with Crippen molar-refractivity contribution >= 4 is 26.8 Å². The molecule has 1 N–H and O–H groups in total. The lowest BCUT2D eigenvalue weighted by atomic mass is 9.86. The average molecular weight is 418 g/mol. The first-order chi connectivity index (χ1) is 13.9. The van der Waals surface area contributed by atoms with Gasteiger partial charge in [-0.3, -0.25) is 4.79 Å². The van der Waals surface area contributed by atoms with E-state index in [0.717, 1.165) is 30.2 Å². The molecular formula is C22H31N3O3S. The monoisotopic (exact) mass is 417 g/mol. The van der Waals surface area contributed by atoms with Crippen LogP contribution in [0.3, 0.4) is 0 Å². The van der Waals surface area contributed by atoms with Gasteiger partial charge in [-0.25, -0.2) is 8.42 Å². The lowest BCUT2D eigenvalue weighted by Crippen LogP contribution is -2.41. The minimum absolute atomic E-state index is 0.0961. The number of nitrogens with zero attached hydrogens (tertiary/aromatic N) is 2. The summed E-state index contributed by atoms with van der Waals surface area (Å²) in [5.74, 6) is 0.648. The molecule has 1 aromatic carbocycles. The van der Waals surface area contributed by atoms with Crippen LogP contribution in [0.25, 0.3) is 10.9 Å². The normalized spacial score (nSPS) is 23.5. The van der Waals surface area contributed by atoms with Gasteiger partial charge in [0.1, 0.15) is 0 Å². The number of aromatic nitrogens is 1. The fraction of sp³-hybridized carbons (Fsp3) is 0.591. The highest BCUT2D eigenvalue weighted by Crippen LogP contribution is 2.26. The number of benzene rings is 1. The van der Waals surface area contributed by atoms with Gasteiger partial charge in [-0.15, -0.1) is 0 Å². The van der Waals surface area contributed by atoms with Crippen LogP contribution in [0, 0.1) is 5.92 Å². The molecule has 158 valence electrons. The van der Waals surface area contributed by atoms with E-state index in [2.05, 4.69) is 12.2 Å². The molecule has 1 saturated carbocycles. The number of carbonyl (C=O) groups excluding carboxylic acids is 1. The molecule has 2 atom stereocenters. The van der Waals surface area contributed by atoms with E-state index in [4.69, 9.17) is 0 Å². The molecule has 0 radical (unpaired) electrons. The number of aryl methyl sites for hydroxylation is 1. The van der Waals surface area contributed by atoms with Crippen LogP contribution >= 0.6 is 0 Å². The van der Waals surface area contributed by atoms with E-state index in [-0.39, 0.29) is 5.91 Å². The van der Waals surface area contributed by atoms with Crippen LogP contribution < -0.4 is 5.32 Å². The molecule has 2 aliphatic rings. The zero-order valence-corrected chi connectivity index (χ0v) is 18.0. The van der Waals surface area contributed by atoms with Crippen molar-refractivity contribution in [2.24, 2.45) is 5.92 Å². The zero-order chi connectivity index (χ0) is 20.4. The van der Waals surface area contributed by atoms with E-state index >= 15 is 0 Å². The van der Waals surface area contributed by atoms with Crippen LogP contribution in [0.2, 0.25) is 0 Å². The Bertz CT molecular complexity index is 976. The van der Waals surface area contributed by atoms with Gasteiger partial charge in [-0.05, 0) is 55.9 Å². The van der Waals surface area contributed by atoms with E-state index in [0.29, 0.717) is 42.9 Å². The zero-order valence-electron chi connectivity index (χ0n) is 17.1. The molecule has 2 heterocycles. The molecule has 6 nitrogen and oxygen atoms in total. The van der Waals surface area contributed by atoms with E-state index < -0.39 is 10.0 Å². The van der Waals surface area contributed by atoms with Crippen LogP contribution in [0.4, 0.5) is 0 Å². The molecule has 1 saturated heterocycles. The summed E-state index contributed by atoms with van der Waals surface area (Å²) in [5.41, 5.74) is 0.962. The third-order valence-electron chi connectivity index (χ3n) is 6.48. The van der Waals surface area contributed by atoms with Gasteiger partial charge in [0.15, 0.2) is 0 Å². The third kappa shape index (κ3) is 4.36. The number of rotatable bonds is 6. The van der Waals surface area contributed by atoms with Gasteiger partial charge in [0.05, 0.1) is 4.90 Å². The highest BCUT2D eigenvalue weighted by Gasteiger charge is 2.27. The largest absolute Gasteiger partial charge is 0.353 e. The summed E-state index contributed by atoms with van der Waals surface area (Å²) in [6.45, 7) is 4.03. The minimum Gasteiger partial charge on any atom is -0.353 e. The van der Waals surface area contributed by atoms with Gasteiger partial charge >= 0.3 is 0 Å². The van der Waals surface area contributed by atoms with Crippen LogP contribution in [-0.4, -0.2) is 42.3 Å². The van der Waals surface area contributed by atoms with Crippen LogP contribution in [0.15, 0.2) is 35.4 Å². The van der Waals surface area contributed by atoms with E-state index in [1.54, 1.807) is 16.4 Å². The topological polar surface area (TPSA) is 71.4 Å². The molecular weight excluding hydrogens is 386 g/mol. The highest BCUT2D eigenvalue weighted by atomic mass is 32.2. The second-order valence-electron chi connectivity index (χ2n) is 8.53. The van der Waals surface area contributed by atoms with E-state index in [1.807, 2.05) is 22.9 Å². The molecule has 2 fully saturated rings. The highest BCUT2D eigenvalue weighted by molar-refractivity contribution is 7.89. The van der Waals surface area contributed by atoms with Gasteiger partial charge < -0.3 is 9.88 Å². The fourth-order valence-corrected chi connectivity index (χ4v) is 6.20. The predicted octanol–water partition coefficient (Wildman–Crippen LogP) is 3.51. The number of fused-ring (bicyclic) bond motifs is 1. The summed E-state index contributed by atoms with van der Waals surface area (Å²) < 4.78 is 29.2. The van der Waals surface area contributed by atoms with Crippen LogP contribution in [-0.2, 0) is 21.4 Å². The lowest BCUT2D eigenvalue weighted by molar-refractivity contribution is -0.122. The summed E-state index contributed by atoms with van der Waals surface area (Å²) >= 11 is 0. The molecule has 4 rings (SSSR count). The maximum Gasteiger partial charge on any atom is 0.243 e. The molecule has 1 aliphatic heterocycles. The number of amides is 1. The van der Waals surface area contributed by atoms with Crippen molar-refractivity contribution < 1.29 is 13.2 Å². The molecule has 1 amide bonds. The Labute approximate surface area is 173 Å². The summed E-state index contributed by atoms with van der Waals surface area (Å²) in [6, 6.07) is 7.54. The number of hydrogen-bond donors (Lipinski definition) is 1. The third-order valence-corrected chi connectivity index (χ3v) is 8.38. The maximum atomic E-state index is 12.8. The molecule has 1 aromatic heterocycles. The Hall–Kier alpha value is -1.86. The summed E-state index contributed by atoms with van der Waals surface area (Å²) in [4.78, 5) is 12.8. The number of sulfonamides is 1. The molecule has 0 bridgehead atoms. The van der Waals surface area contributed by atoms with Crippen molar-refractivity contribution in [3.8, 4) is 0 Å². The lowest BCUT2D eigenvalue weighted by Gasteiger charge is -2.29. The van der Waals surface area contributed by atoms with Gasteiger partial charge in [0.2, 0.25) is 15.9 Å².